The molecule has 0 radical (unpaired) electrons. The van der Waals surface area contributed by atoms with Gasteiger partial charge in [-0.15, -0.1) is 0 Å². The van der Waals surface area contributed by atoms with Gasteiger partial charge in [0.25, 0.3) is 5.56 Å². The molecule has 0 unspecified atom stereocenters. The summed E-state index contributed by atoms with van der Waals surface area (Å²) >= 11 is 0. The number of phenols is 1. The first-order valence-corrected chi connectivity index (χ1v) is 5.51. The zero-order chi connectivity index (χ0) is 13.7. The van der Waals surface area contributed by atoms with E-state index in [2.05, 4.69) is 20.7 Å². The van der Waals surface area contributed by atoms with Crippen molar-refractivity contribution in [2.24, 2.45) is 5.10 Å². The van der Waals surface area contributed by atoms with E-state index >= 15 is 0 Å². The van der Waals surface area contributed by atoms with Gasteiger partial charge in [-0.1, -0.05) is 12.1 Å². The molecule has 0 aliphatic carbocycles. The number of carbonyl (C=O) groups is 1. The van der Waals surface area contributed by atoms with Gasteiger partial charge in [-0.3, -0.25) is 14.7 Å². The van der Waals surface area contributed by atoms with Crippen LogP contribution in [-0.2, 0) is 11.2 Å². The molecule has 19 heavy (non-hydrogen) atoms. The number of aromatic hydroxyl groups is 1. The Bertz CT molecular complexity index is 657. The van der Waals surface area contributed by atoms with Crippen molar-refractivity contribution in [3.8, 4) is 5.75 Å². The highest BCUT2D eigenvalue weighted by Crippen LogP contribution is 2.08. The van der Waals surface area contributed by atoms with Gasteiger partial charge >= 0.3 is 0 Å². The van der Waals surface area contributed by atoms with Crippen LogP contribution < -0.4 is 11.0 Å². The minimum absolute atomic E-state index is 0.0239. The van der Waals surface area contributed by atoms with Crippen LogP contribution in [0, 0.1) is 0 Å². The zero-order valence-corrected chi connectivity index (χ0v) is 9.88. The minimum Gasteiger partial charge on any atom is -0.508 e. The molecule has 1 aromatic heterocycles. The molecular formula is C12H12N4O3. The molecule has 0 fully saturated rings. The lowest BCUT2D eigenvalue weighted by molar-refractivity contribution is -0.120. The second-order valence-corrected chi connectivity index (χ2v) is 3.85. The monoisotopic (exact) mass is 260 g/mol. The predicted octanol–water partition coefficient (Wildman–Crippen LogP) is 0.101. The van der Waals surface area contributed by atoms with Crippen molar-refractivity contribution in [1.82, 2.24) is 15.6 Å². The van der Waals surface area contributed by atoms with E-state index in [9.17, 15) is 14.7 Å². The van der Waals surface area contributed by atoms with Crippen molar-refractivity contribution < 1.29 is 9.90 Å². The van der Waals surface area contributed by atoms with Crippen LogP contribution in [0.4, 0.5) is 0 Å². The van der Waals surface area contributed by atoms with E-state index < -0.39 is 0 Å². The summed E-state index contributed by atoms with van der Waals surface area (Å²) in [6, 6.07) is 7.76. The van der Waals surface area contributed by atoms with E-state index in [4.69, 9.17) is 0 Å². The van der Waals surface area contributed by atoms with E-state index in [1.807, 2.05) is 0 Å². The first kappa shape index (κ1) is 12.6. The summed E-state index contributed by atoms with van der Waals surface area (Å²) in [5.74, 6) is -0.230. The first-order valence-electron chi connectivity index (χ1n) is 5.51. The third kappa shape index (κ3) is 3.84. The van der Waals surface area contributed by atoms with E-state index in [1.165, 1.54) is 24.4 Å². The summed E-state index contributed by atoms with van der Waals surface area (Å²) in [6.45, 7) is 0. The highest BCUT2D eigenvalue weighted by atomic mass is 16.3. The second-order valence-electron chi connectivity index (χ2n) is 3.85. The molecule has 0 aliphatic heterocycles. The van der Waals surface area contributed by atoms with Crippen molar-refractivity contribution in [3.05, 3.63) is 51.9 Å². The quantitative estimate of drug-likeness (QED) is 0.462. The fourth-order valence-electron chi connectivity index (χ4n) is 1.46. The molecule has 1 aromatic carbocycles. The Hall–Kier alpha value is -2.83. The number of phenolic OH excluding ortho intramolecular Hbond substituents is 1. The van der Waals surface area contributed by atoms with E-state index in [0.29, 0.717) is 11.3 Å². The molecule has 0 spiro atoms. The highest BCUT2D eigenvalue weighted by molar-refractivity contribution is 5.83. The summed E-state index contributed by atoms with van der Waals surface area (Å²) in [5, 5.41) is 17.9. The lowest BCUT2D eigenvalue weighted by Crippen LogP contribution is -2.20. The molecule has 0 aliphatic rings. The Morgan fingerprint density at radius 3 is 2.89 bits per heavy atom. The first-order chi connectivity index (χ1) is 9.13. The molecule has 0 bridgehead atoms. The standard InChI is InChI=1S/C12H12N4O3/c17-10-3-1-2-8(4-10)7-13-15-11(18)5-9-6-12(19)16-14-9/h1-4,6-7,17H,5H2,(H,15,18)(H2,14,16,19)/b13-7+. The van der Waals surface area contributed by atoms with Crippen LogP contribution in [0.5, 0.6) is 5.75 Å². The molecule has 2 aromatic rings. The molecule has 1 heterocycles. The van der Waals surface area contributed by atoms with E-state index in [0.717, 1.165) is 0 Å². The number of hydrogen-bond acceptors (Lipinski definition) is 4. The number of aromatic nitrogens is 2. The summed E-state index contributed by atoms with van der Waals surface area (Å²) in [5.41, 5.74) is 3.18. The average Bonchev–Trinajstić information content (AvgIpc) is 2.75. The van der Waals surface area contributed by atoms with Gasteiger partial charge in [0.1, 0.15) is 5.75 Å². The zero-order valence-electron chi connectivity index (χ0n) is 9.88. The van der Waals surface area contributed by atoms with E-state index in [-0.39, 0.29) is 23.6 Å². The molecular weight excluding hydrogens is 248 g/mol. The summed E-state index contributed by atoms with van der Waals surface area (Å²) in [7, 11) is 0. The molecule has 7 nitrogen and oxygen atoms in total. The number of aromatic amines is 2. The van der Waals surface area contributed by atoms with Crippen molar-refractivity contribution in [2.45, 2.75) is 6.42 Å². The smallest absolute Gasteiger partial charge is 0.264 e. The second kappa shape index (κ2) is 5.67. The van der Waals surface area contributed by atoms with Gasteiger partial charge in [-0.25, -0.2) is 5.43 Å². The molecule has 0 saturated heterocycles. The maximum absolute atomic E-state index is 11.5. The summed E-state index contributed by atoms with van der Waals surface area (Å²) in [6.07, 6.45) is 1.44. The summed E-state index contributed by atoms with van der Waals surface area (Å²) in [4.78, 5) is 22.3. The average molecular weight is 260 g/mol. The Balaban J connectivity index is 1.88. The Kier molecular flexibility index (Phi) is 3.77. The molecule has 4 N–H and O–H groups in total. The fraction of sp³-hybridized carbons (Fsp3) is 0.0833. The lowest BCUT2D eigenvalue weighted by atomic mass is 10.2. The van der Waals surface area contributed by atoms with Crippen LogP contribution in [-0.4, -0.2) is 27.4 Å². The van der Waals surface area contributed by atoms with Crippen molar-refractivity contribution in [3.63, 3.8) is 0 Å². The van der Waals surface area contributed by atoms with Gasteiger partial charge in [0.05, 0.1) is 12.6 Å². The number of nitrogens with one attached hydrogen (secondary N) is 3. The fourth-order valence-corrected chi connectivity index (χ4v) is 1.46. The molecule has 0 saturated carbocycles. The molecule has 98 valence electrons. The van der Waals surface area contributed by atoms with Crippen LogP contribution in [0.3, 0.4) is 0 Å². The molecule has 1 amide bonds. The van der Waals surface area contributed by atoms with Crippen molar-refractivity contribution in [2.75, 3.05) is 0 Å². The molecule has 0 atom stereocenters. The van der Waals surface area contributed by atoms with Gasteiger partial charge < -0.3 is 10.2 Å². The van der Waals surface area contributed by atoms with Gasteiger partial charge in [-0.05, 0) is 17.7 Å². The number of hydrazone groups is 1. The molecule has 2 rings (SSSR count). The Morgan fingerprint density at radius 1 is 1.37 bits per heavy atom. The van der Waals surface area contributed by atoms with E-state index in [1.54, 1.807) is 12.1 Å². The number of rotatable bonds is 4. The number of H-pyrrole nitrogens is 2. The third-order valence-corrected chi connectivity index (χ3v) is 2.28. The SMILES string of the molecule is O=C(Cc1cc(=O)[nH][nH]1)N/N=C/c1cccc(O)c1. The predicted molar refractivity (Wildman–Crippen MR) is 69.0 cm³/mol. The van der Waals surface area contributed by atoms with Gasteiger partial charge in [0.15, 0.2) is 0 Å². The van der Waals surface area contributed by atoms with Gasteiger partial charge in [0.2, 0.25) is 5.91 Å². The number of carbonyl (C=O) groups excluding carboxylic acids is 1. The Labute approximate surface area is 108 Å². The normalized spacial score (nSPS) is 10.7. The topological polar surface area (TPSA) is 110 Å². The van der Waals surface area contributed by atoms with Crippen molar-refractivity contribution >= 4 is 12.1 Å². The Morgan fingerprint density at radius 2 is 2.21 bits per heavy atom. The number of benzene rings is 1. The molecule has 7 heteroatoms. The van der Waals surface area contributed by atoms with Gasteiger partial charge in [0, 0.05) is 11.8 Å². The van der Waals surface area contributed by atoms with Crippen LogP contribution in [0.1, 0.15) is 11.3 Å². The van der Waals surface area contributed by atoms with Crippen LogP contribution in [0.15, 0.2) is 40.2 Å². The maximum atomic E-state index is 11.5. The van der Waals surface area contributed by atoms with Crippen LogP contribution in [0.25, 0.3) is 0 Å². The number of nitrogens with zero attached hydrogens (tertiary/aromatic N) is 1. The largest absolute Gasteiger partial charge is 0.508 e. The van der Waals surface area contributed by atoms with Crippen LogP contribution >= 0.6 is 0 Å². The maximum Gasteiger partial charge on any atom is 0.264 e. The van der Waals surface area contributed by atoms with Crippen LogP contribution in [0.2, 0.25) is 0 Å². The summed E-state index contributed by atoms with van der Waals surface area (Å²) < 4.78 is 0. The third-order valence-electron chi connectivity index (χ3n) is 2.28. The number of hydrogen-bond donors (Lipinski definition) is 4. The van der Waals surface area contributed by atoms with Gasteiger partial charge in [-0.2, -0.15) is 5.10 Å². The highest BCUT2D eigenvalue weighted by Gasteiger charge is 2.03. The minimum atomic E-state index is -0.355. The lowest BCUT2D eigenvalue weighted by Gasteiger charge is -1.97. The number of amides is 1. The van der Waals surface area contributed by atoms with Crippen molar-refractivity contribution in [1.29, 1.82) is 0 Å².